The molecule has 0 saturated carbocycles. The molecule has 0 heterocycles. The van der Waals surface area contributed by atoms with Crippen molar-refractivity contribution in [1.82, 2.24) is 0 Å². The molecule has 0 spiro atoms. The van der Waals surface area contributed by atoms with Crippen molar-refractivity contribution in [3.63, 3.8) is 0 Å². The van der Waals surface area contributed by atoms with E-state index in [0.29, 0.717) is 18.5 Å². The molecule has 1 rings (SSSR count). The van der Waals surface area contributed by atoms with E-state index in [1.165, 1.54) is 6.07 Å². The smallest absolute Gasteiger partial charge is 0.162 e. The van der Waals surface area contributed by atoms with Gasteiger partial charge < -0.3 is 21.7 Å². The van der Waals surface area contributed by atoms with Crippen LogP contribution in [0.1, 0.15) is 18.0 Å². The Morgan fingerprint density at radius 1 is 1.29 bits per heavy atom. The van der Waals surface area contributed by atoms with Crippen LogP contribution < -0.4 is 11.5 Å². The lowest BCUT2D eigenvalue weighted by atomic mass is 10.0. The summed E-state index contributed by atoms with van der Waals surface area (Å²) < 4.78 is 0. The van der Waals surface area contributed by atoms with Gasteiger partial charge in [-0.3, -0.25) is 0 Å². The molecule has 4 nitrogen and oxygen atoms in total. The van der Waals surface area contributed by atoms with Crippen LogP contribution in [0.5, 0.6) is 11.5 Å². The lowest BCUT2D eigenvalue weighted by Crippen LogP contribution is -2.15. The Labute approximate surface area is 88.9 Å². The maximum atomic E-state index is 9.42. The van der Waals surface area contributed by atoms with Crippen molar-refractivity contribution >= 4 is 12.4 Å². The lowest BCUT2D eigenvalue weighted by molar-refractivity contribution is 0.395. The first kappa shape index (κ1) is 13.0. The molecule has 0 aliphatic rings. The topological polar surface area (TPSA) is 92.5 Å². The van der Waals surface area contributed by atoms with Gasteiger partial charge >= 0.3 is 0 Å². The number of para-hydroxylation sites is 1. The lowest BCUT2D eigenvalue weighted by Gasteiger charge is -2.12. The molecular weight excluding hydrogens is 204 g/mol. The van der Waals surface area contributed by atoms with Gasteiger partial charge in [-0.25, -0.2) is 0 Å². The van der Waals surface area contributed by atoms with Crippen molar-refractivity contribution in [2.45, 2.75) is 12.5 Å². The molecule has 80 valence electrons. The highest BCUT2D eigenvalue weighted by atomic mass is 35.5. The van der Waals surface area contributed by atoms with Crippen molar-refractivity contribution in [3.05, 3.63) is 23.8 Å². The van der Waals surface area contributed by atoms with Crippen molar-refractivity contribution in [2.24, 2.45) is 11.5 Å². The van der Waals surface area contributed by atoms with E-state index in [2.05, 4.69) is 0 Å². The standard InChI is InChI=1S/C9H14N2O2.ClH/c10-5-4-7(11)6-2-1-3-8(12)9(6)13;/h1-3,7,12-13H,4-5,10-11H2;1H/t7-;/m1./s1. The monoisotopic (exact) mass is 218 g/mol. The molecule has 1 atom stereocenters. The third-order valence-corrected chi connectivity index (χ3v) is 1.92. The Hall–Kier alpha value is -0.970. The van der Waals surface area contributed by atoms with Gasteiger partial charge in [-0.1, -0.05) is 12.1 Å². The first-order valence-corrected chi connectivity index (χ1v) is 4.13. The zero-order valence-corrected chi connectivity index (χ0v) is 8.50. The summed E-state index contributed by atoms with van der Waals surface area (Å²) in [7, 11) is 0. The first-order chi connectivity index (χ1) is 6.16. The number of phenols is 2. The van der Waals surface area contributed by atoms with Crippen molar-refractivity contribution < 1.29 is 10.2 Å². The van der Waals surface area contributed by atoms with E-state index in [-0.39, 0.29) is 29.9 Å². The molecule has 0 aliphatic carbocycles. The molecule has 14 heavy (non-hydrogen) atoms. The minimum absolute atomic E-state index is 0. The third kappa shape index (κ3) is 2.77. The van der Waals surface area contributed by atoms with Gasteiger partial charge in [0.05, 0.1) is 0 Å². The molecule has 1 aromatic carbocycles. The number of halogens is 1. The van der Waals surface area contributed by atoms with Crippen LogP contribution in [0.4, 0.5) is 0 Å². The maximum Gasteiger partial charge on any atom is 0.162 e. The molecule has 0 radical (unpaired) electrons. The van der Waals surface area contributed by atoms with E-state index in [4.69, 9.17) is 11.5 Å². The average molecular weight is 219 g/mol. The van der Waals surface area contributed by atoms with Gasteiger partial charge in [0.15, 0.2) is 11.5 Å². The molecule has 0 fully saturated rings. The van der Waals surface area contributed by atoms with Crippen LogP contribution in [0.15, 0.2) is 18.2 Å². The number of hydrogen-bond donors (Lipinski definition) is 4. The summed E-state index contributed by atoms with van der Waals surface area (Å²) in [4.78, 5) is 0. The second-order valence-electron chi connectivity index (χ2n) is 2.90. The van der Waals surface area contributed by atoms with Crippen LogP contribution in [0.3, 0.4) is 0 Å². The molecule has 6 N–H and O–H groups in total. The number of phenolic OH excluding ortho intramolecular Hbond substituents is 2. The van der Waals surface area contributed by atoms with Gasteiger partial charge in [-0.05, 0) is 19.0 Å². The van der Waals surface area contributed by atoms with Gasteiger partial charge in [-0.15, -0.1) is 12.4 Å². The molecule has 1 aromatic rings. The fourth-order valence-corrected chi connectivity index (χ4v) is 1.18. The minimum Gasteiger partial charge on any atom is -0.504 e. The third-order valence-electron chi connectivity index (χ3n) is 1.92. The predicted octanol–water partition coefficient (Wildman–Crippen LogP) is 0.868. The molecule has 0 saturated heterocycles. The highest BCUT2D eigenvalue weighted by Crippen LogP contribution is 2.32. The summed E-state index contributed by atoms with van der Waals surface area (Å²) >= 11 is 0. The van der Waals surface area contributed by atoms with Gasteiger partial charge in [0.2, 0.25) is 0 Å². The summed E-state index contributed by atoms with van der Waals surface area (Å²) in [5.74, 6) is -0.298. The molecule has 0 amide bonds. The van der Waals surface area contributed by atoms with Gasteiger partial charge in [0.25, 0.3) is 0 Å². The highest BCUT2D eigenvalue weighted by molar-refractivity contribution is 5.85. The molecule has 5 heteroatoms. The van der Waals surface area contributed by atoms with Gasteiger partial charge in [0.1, 0.15) is 0 Å². The summed E-state index contributed by atoms with van der Waals surface area (Å²) in [6.07, 6.45) is 0.580. The van der Waals surface area contributed by atoms with Crippen LogP contribution in [-0.4, -0.2) is 16.8 Å². The zero-order chi connectivity index (χ0) is 9.84. The largest absolute Gasteiger partial charge is 0.504 e. The van der Waals surface area contributed by atoms with E-state index in [1.54, 1.807) is 12.1 Å². The number of rotatable bonds is 3. The normalized spacial score (nSPS) is 11.9. The average Bonchev–Trinajstić information content (AvgIpc) is 2.10. The van der Waals surface area contributed by atoms with E-state index in [0.717, 1.165) is 0 Å². The zero-order valence-electron chi connectivity index (χ0n) is 7.68. The summed E-state index contributed by atoms with van der Waals surface area (Å²) in [6, 6.07) is 4.40. The molecule has 0 bridgehead atoms. The predicted molar refractivity (Wildman–Crippen MR) is 57.6 cm³/mol. The fraction of sp³-hybridized carbons (Fsp3) is 0.333. The number of aromatic hydroxyl groups is 2. The van der Waals surface area contributed by atoms with E-state index in [1.807, 2.05) is 0 Å². The molecule has 0 unspecified atom stereocenters. The van der Waals surface area contributed by atoms with Crippen LogP contribution in [0, 0.1) is 0 Å². The summed E-state index contributed by atoms with van der Waals surface area (Å²) in [5, 5.41) is 18.6. The Morgan fingerprint density at radius 3 is 2.50 bits per heavy atom. The van der Waals surface area contributed by atoms with Crippen LogP contribution in [-0.2, 0) is 0 Å². The number of nitrogens with two attached hydrogens (primary N) is 2. The van der Waals surface area contributed by atoms with Crippen molar-refractivity contribution in [1.29, 1.82) is 0 Å². The highest BCUT2D eigenvalue weighted by Gasteiger charge is 2.12. The molecular formula is C9H15ClN2O2. The van der Waals surface area contributed by atoms with E-state index < -0.39 is 0 Å². The maximum absolute atomic E-state index is 9.42. The van der Waals surface area contributed by atoms with Crippen LogP contribution in [0.25, 0.3) is 0 Å². The number of hydrogen-bond acceptors (Lipinski definition) is 4. The summed E-state index contributed by atoms with van der Waals surface area (Å²) in [6.45, 7) is 0.455. The van der Waals surface area contributed by atoms with E-state index in [9.17, 15) is 10.2 Å². The van der Waals surface area contributed by atoms with E-state index >= 15 is 0 Å². The SMILES string of the molecule is Cl.NCC[C@@H](N)c1cccc(O)c1O. The van der Waals surface area contributed by atoms with Crippen LogP contribution in [0.2, 0.25) is 0 Å². The van der Waals surface area contributed by atoms with Crippen LogP contribution >= 0.6 is 12.4 Å². The van der Waals surface area contributed by atoms with Gasteiger partial charge in [0, 0.05) is 11.6 Å². The molecule has 0 aromatic heterocycles. The van der Waals surface area contributed by atoms with Crippen molar-refractivity contribution in [3.8, 4) is 11.5 Å². The Bertz CT molecular complexity index is 294. The fourth-order valence-electron chi connectivity index (χ4n) is 1.18. The second-order valence-corrected chi connectivity index (χ2v) is 2.90. The second kappa shape index (κ2) is 5.70. The quantitative estimate of drug-likeness (QED) is 0.567. The Kier molecular flexibility index (Phi) is 5.30. The molecule has 0 aliphatic heterocycles. The number of benzene rings is 1. The Morgan fingerprint density at radius 2 is 1.93 bits per heavy atom. The minimum atomic E-state index is -0.322. The van der Waals surface area contributed by atoms with Crippen molar-refractivity contribution in [2.75, 3.05) is 6.54 Å². The Balaban J connectivity index is 0.00000169. The first-order valence-electron chi connectivity index (χ1n) is 4.13. The summed E-state index contributed by atoms with van der Waals surface area (Å²) in [5.41, 5.74) is 11.6. The van der Waals surface area contributed by atoms with Gasteiger partial charge in [-0.2, -0.15) is 0 Å².